The number of hydrogen-bond acceptors (Lipinski definition) is 8. The summed E-state index contributed by atoms with van der Waals surface area (Å²) in [5.41, 5.74) is 4.93. The van der Waals surface area contributed by atoms with Crippen molar-refractivity contribution < 1.29 is 23.5 Å². The van der Waals surface area contributed by atoms with E-state index < -0.39 is 29.7 Å². The minimum atomic E-state index is -0.832. The zero-order chi connectivity index (χ0) is 24.0. The number of anilines is 2. The van der Waals surface area contributed by atoms with E-state index in [0.29, 0.717) is 17.4 Å². The minimum absolute atomic E-state index is 0.0449. The quantitative estimate of drug-likeness (QED) is 0.434. The highest BCUT2D eigenvalue weighted by atomic mass is 16.5. The van der Waals surface area contributed by atoms with E-state index in [1.165, 1.54) is 17.7 Å². The molecule has 0 aliphatic carbocycles. The second-order valence-corrected chi connectivity index (χ2v) is 7.26. The largest absolute Gasteiger partial charge is 0.450 e. The first-order valence-corrected chi connectivity index (χ1v) is 10.4. The second kappa shape index (κ2) is 10.6. The van der Waals surface area contributed by atoms with Crippen LogP contribution in [0.3, 0.4) is 0 Å². The standard InChI is InChI=1S/C22H26N4O7/c1-3-4-9-26-19(23)18(20(28)24-22(26)30)25(10-11-31-2)17(27)13-32-21(29)16-12-14-7-5-6-8-15(14)33-16/h5-8,12H,3-4,9-11,13,23H2,1-2H3,(H,24,28,30). The number of para-hydroxylation sites is 1. The summed E-state index contributed by atoms with van der Waals surface area (Å²) in [6.45, 7) is 1.58. The molecule has 3 rings (SSSR count). The number of methoxy groups -OCH3 is 1. The molecule has 176 valence electrons. The molecular weight excluding hydrogens is 432 g/mol. The lowest BCUT2D eigenvalue weighted by atomic mass is 10.2. The lowest BCUT2D eigenvalue weighted by Gasteiger charge is -2.24. The fourth-order valence-electron chi connectivity index (χ4n) is 3.28. The van der Waals surface area contributed by atoms with Gasteiger partial charge >= 0.3 is 11.7 Å². The number of fused-ring (bicyclic) bond motifs is 1. The Morgan fingerprint density at radius 2 is 2.00 bits per heavy atom. The van der Waals surface area contributed by atoms with Crippen LogP contribution >= 0.6 is 0 Å². The summed E-state index contributed by atoms with van der Waals surface area (Å²) in [5.74, 6) is -1.75. The molecule has 0 radical (unpaired) electrons. The van der Waals surface area contributed by atoms with E-state index in [1.807, 2.05) is 6.92 Å². The van der Waals surface area contributed by atoms with Crippen LogP contribution in [0.4, 0.5) is 11.5 Å². The van der Waals surface area contributed by atoms with Gasteiger partial charge in [-0.2, -0.15) is 0 Å². The molecule has 0 atom stereocenters. The number of rotatable bonds is 10. The average molecular weight is 458 g/mol. The summed E-state index contributed by atoms with van der Waals surface area (Å²) in [6.07, 6.45) is 1.45. The predicted octanol–water partition coefficient (Wildman–Crippen LogP) is 1.50. The monoisotopic (exact) mass is 458 g/mol. The van der Waals surface area contributed by atoms with Crippen LogP contribution in [-0.4, -0.2) is 48.3 Å². The maximum Gasteiger partial charge on any atom is 0.374 e. The number of esters is 1. The number of benzene rings is 1. The number of nitrogen functional groups attached to an aromatic ring is 1. The third-order valence-corrected chi connectivity index (χ3v) is 4.99. The first kappa shape index (κ1) is 23.8. The molecule has 3 aromatic rings. The predicted molar refractivity (Wildman–Crippen MR) is 121 cm³/mol. The van der Waals surface area contributed by atoms with Crippen LogP contribution in [0.25, 0.3) is 11.0 Å². The maximum absolute atomic E-state index is 12.9. The van der Waals surface area contributed by atoms with E-state index in [9.17, 15) is 19.2 Å². The summed E-state index contributed by atoms with van der Waals surface area (Å²) in [7, 11) is 1.43. The minimum Gasteiger partial charge on any atom is -0.450 e. The molecule has 0 aliphatic heterocycles. The van der Waals surface area contributed by atoms with Gasteiger partial charge in [0.1, 0.15) is 11.4 Å². The zero-order valence-electron chi connectivity index (χ0n) is 18.5. The van der Waals surface area contributed by atoms with Crippen LogP contribution < -0.4 is 21.9 Å². The highest BCUT2D eigenvalue weighted by molar-refractivity contribution is 5.99. The Morgan fingerprint density at radius 1 is 1.24 bits per heavy atom. The molecule has 0 saturated carbocycles. The van der Waals surface area contributed by atoms with Gasteiger partial charge in [-0.1, -0.05) is 31.5 Å². The molecule has 2 heterocycles. The van der Waals surface area contributed by atoms with Gasteiger partial charge in [-0.15, -0.1) is 0 Å². The molecule has 3 N–H and O–H groups in total. The zero-order valence-corrected chi connectivity index (χ0v) is 18.5. The van der Waals surface area contributed by atoms with Crippen LogP contribution in [0.2, 0.25) is 0 Å². The van der Waals surface area contributed by atoms with E-state index in [1.54, 1.807) is 24.3 Å². The number of amides is 1. The van der Waals surface area contributed by atoms with Crippen molar-refractivity contribution in [2.45, 2.75) is 26.3 Å². The van der Waals surface area contributed by atoms with Crippen molar-refractivity contribution in [3.8, 4) is 0 Å². The van der Waals surface area contributed by atoms with E-state index in [-0.39, 0.29) is 37.0 Å². The maximum atomic E-state index is 12.9. The fraction of sp³-hybridized carbons (Fsp3) is 0.364. The summed E-state index contributed by atoms with van der Waals surface area (Å²) >= 11 is 0. The number of ether oxygens (including phenoxy) is 2. The molecule has 33 heavy (non-hydrogen) atoms. The number of H-pyrrole nitrogens is 1. The van der Waals surface area contributed by atoms with Crippen molar-refractivity contribution in [1.82, 2.24) is 9.55 Å². The highest BCUT2D eigenvalue weighted by Crippen LogP contribution is 2.20. The summed E-state index contributed by atoms with van der Waals surface area (Å²) in [5, 5.41) is 0.714. The first-order chi connectivity index (χ1) is 15.9. The van der Waals surface area contributed by atoms with Crippen molar-refractivity contribution in [3.63, 3.8) is 0 Å². The molecule has 1 amide bonds. The smallest absolute Gasteiger partial charge is 0.374 e. The molecular formula is C22H26N4O7. The normalized spacial score (nSPS) is 11.0. The molecule has 0 unspecified atom stereocenters. The fourth-order valence-corrected chi connectivity index (χ4v) is 3.28. The average Bonchev–Trinajstić information content (AvgIpc) is 3.23. The highest BCUT2D eigenvalue weighted by Gasteiger charge is 2.25. The molecule has 1 aromatic carbocycles. The van der Waals surface area contributed by atoms with E-state index in [2.05, 4.69) is 4.98 Å². The summed E-state index contributed by atoms with van der Waals surface area (Å²) in [6, 6.07) is 8.55. The lowest BCUT2D eigenvalue weighted by molar-refractivity contribution is -0.121. The van der Waals surface area contributed by atoms with E-state index in [0.717, 1.165) is 11.3 Å². The number of nitrogens with one attached hydrogen (secondary N) is 1. The number of hydrogen-bond donors (Lipinski definition) is 2. The van der Waals surface area contributed by atoms with Gasteiger partial charge in [0, 0.05) is 25.6 Å². The van der Waals surface area contributed by atoms with Crippen molar-refractivity contribution >= 4 is 34.4 Å². The van der Waals surface area contributed by atoms with Crippen molar-refractivity contribution in [3.05, 3.63) is 56.9 Å². The Labute approximate surface area is 188 Å². The molecule has 11 heteroatoms. The number of aromatic amines is 1. The first-order valence-electron chi connectivity index (χ1n) is 10.4. The lowest BCUT2D eigenvalue weighted by Crippen LogP contribution is -2.44. The SMILES string of the molecule is CCCCn1c(N)c(N(CCOC)C(=O)COC(=O)c2cc3ccccc3o2)c(=O)[nH]c1=O. The van der Waals surface area contributed by atoms with Crippen LogP contribution in [0.5, 0.6) is 0 Å². The van der Waals surface area contributed by atoms with Crippen molar-refractivity contribution in [2.75, 3.05) is 37.5 Å². The molecule has 0 fully saturated rings. The van der Waals surface area contributed by atoms with Gasteiger partial charge in [-0.05, 0) is 18.6 Å². The Kier molecular flexibility index (Phi) is 7.67. The Hall–Kier alpha value is -3.86. The van der Waals surface area contributed by atoms with Crippen LogP contribution in [-0.2, 0) is 20.8 Å². The number of furan rings is 1. The molecule has 0 aliphatic rings. The number of aromatic nitrogens is 2. The van der Waals surface area contributed by atoms with Gasteiger partial charge in [0.25, 0.3) is 11.5 Å². The molecule has 0 spiro atoms. The second-order valence-electron chi connectivity index (χ2n) is 7.26. The molecule has 2 aromatic heterocycles. The van der Waals surface area contributed by atoms with Crippen molar-refractivity contribution in [1.29, 1.82) is 0 Å². The summed E-state index contributed by atoms with van der Waals surface area (Å²) < 4.78 is 16.8. The number of carbonyl (C=O) groups is 2. The Morgan fingerprint density at radius 3 is 2.70 bits per heavy atom. The Bertz CT molecular complexity index is 1220. The van der Waals surface area contributed by atoms with Crippen LogP contribution in [0, 0.1) is 0 Å². The van der Waals surface area contributed by atoms with Gasteiger partial charge in [-0.25, -0.2) is 9.59 Å². The van der Waals surface area contributed by atoms with Gasteiger partial charge in [0.05, 0.1) is 6.61 Å². The third-order valence-electron chi connectivity index (χ3n) is 4.99. The third kappa shape index (κ3) is 5.32. The Balaban J connectivity index is 1.83. The number of unbranched alkanes of at least 4 members (excludes halogenated alkanes) is 1. The van der Waals surface area contributed by atoms with Gasteiger partial charge < -0.3 is 19.6 Å². The van der Waals surface area contributed by atoms with E-state index >= 15 is 0 Å². The number of carbonyl (C=O) groups excluding carboxylic acids is 2. The number of nitrogens with two attached hydrogens (primary N) is 1. The topological polar surface area (TPSA) is 150 Å². The number of nitrogens with zero attached hydrogens (tertiary/aromatic N) is 2. The van der Waals surface area contributed by atoms with E-state index in [4.69, 9.17) is 19.6 Å². The van der Waals surface area contributed by atoms with Gasteiger partial charge in [0.15, 0.2) is 12.3 Å². The van der Waals surface area contributed by atoms with Crippen LogP contribution in [0.1, 0.15) is 30.3 Å². The molecule has 0 bridgehead atoms. The van der Waals surface area contributed by atoms with Gasteiger partial charge in [0.2, 0.25) is 5.76 Å². The van der Waals surface area contributed by atoms with Gasteiger partial charge in [-0.3, -0.25) is 24.0 Å². The van der Waals surface area contributed by atoms with Crippen LogP contribution in [0.15, 0.2) is 44.3 Å². The van der Waals surface area contributed by atoms with Crippen molar-refractivity contribution in [2.24, 2.45) is 0 Å². The molecule has 11 nitrogen and oxygen atoms in total. The molecule has 0 saturated heterocycles. The summed E-state index contributed by atoms with van der Waals surface area (Å²) in [4.78, 5) is 53.3.